The van der Waals surface area contributed by atoms with Gasteiger partial charge in [0, 0.05) is 18.2 Å². The van der Waals surface area contributed by atoms with Crippen LogP contribution in [0.1, 0.15) is 18.7 Å². The van der Waals surface area contributed by atoms with E-state index in [9.17, 15) is 57.8 Å². The molecule has 0 amide bonds. The van der Waals surface area contributed by atoms with Crippen molar-refractivity contribution in [2.45, 2.75) is 73.1 Å². The first-order valence-corrected chi connectivity index (χ1v) is 27.5. The molecule has 4 saturated heterocycles. The zero-order chi connectivity index (χ0) is 54.6. The number of hydrogen-bond acceptors (Lipinski definition) is 29. The lowest BCUT2D eigenvalue weighted by Gasteiger charge is -2.35. The van der Waals surface area contributed by atoms with Gasteiger partial charge in [0.1, 0.15) is 60.7 Å². The van der Waals surface area contributed by atoms with Gasteiger partial charge in [-0.05, 0) is 7.05 Å². The molecule has 6 aromatic rings. The summed E-state index contributed by atoms with van der Waals surface area (Å²) in [7, 11) is -16.8. The number of phosphoric ester groups is 2. The highest BCUT2D eigenvalue weighted by molar-refractivity contribution is 7.66. The molecule has 4 aliphatic rings. The number of aliphatic hydroxyl groups excluding tert-OH is 3. The van der Waals surface area contributed by atoms with Crippen molar-refractivity contribution in [2.75, 3.05) is 57.7 Å². The number of H-pyrrole nitrogens is 2. The van der Waals surface area contributed by atoms with Crippen LogP contribution >= 0.6 is 31.7 Å². The molecule has 14 N–H and O–H groups in total. The number of rotatable bonds is 19. The van der Waals surface area contributed by atoms with Crippen LogP contribution in [-0.4, -0.2) is 183 Å². The Morgan fingerprint density at radius 3 is 2.22 bits per heavy atom. The largest absolute Gasteiger partial charge is 0.697 e. The van der Waals surface area contributed by atoms with Gasteiger partial charge in [-0.3, -0.25) is 47.2 Å². The molecule has 0 aromatic carbocycles. The number of likely N-dealkylation sites (tertiary alicyclic amines) is 1. The Bertz CT molecular complexity index is 3530. The maximum atomic E-state index is 13.7. The zero-order valence-corrected chi connectivity index (χ0v) is 42.7. The number of nitrogen functional groups attached to an aromatic ring is 3. The molecule has 42 heteroatoms. The summed E-state index contributed by atoms with van der Waals surface area (Å²) >= 11 is 0. The van der Waals surface area contributed by atoms with Crippen molar-refractivity contribution in [3.63, 3.8) is 0 Å². The first-order chi connectivity index (χ1) is 35.8. The van der Waals surface area contributed by atoms with E-state index in [1.807, 2.05) is 0 Å². The summed E-state index contributed by atoms with van der Waals surface area (Å²) in [5.41, 5.74) is 14.2. The summed E-state index contributed by atoms with van der Waals surface area (Å²) in [4.78, 5) is 87.5. The Kier molecular flexibility index (Phi) is 14.2. The first-order valence-electron chi connectivity index (χ1n) is 21.9. The molecule has 38 nitrogen and oxygen atoms in total. The van der Waals surface area contributed by atoms with Crippen LogP contribution in [0.2, 0.25) is 0 Å². The minimum Gasteiger partial charge on any atom is -0.387 e. The average Bonchev–Trinajstić information content (AvgIpc) is 4.20. The number of fused-ring (bicyclic) bond motifs is 5. The Morgan fingerprint density at radius 2 is 1.50 bits per heavy atom. The molecule has 4 aliphatic heterocycles. The van der Waals surface area contributed by atoms with E-state index in [4.69, 9.17) is 54.2 Å². The number of aromatic amines is 2. The molecule has 0 spiro atoms. The normalized spacial score (nSPS) is 31.4. The van der Waals surface area contributed by atoms with Crippen LogP contribution in [0.25, 0.3) is 33.5 Å². The van der Waals surface area contributed by atoms with E-state index in [0.717, 1.165) is 24.3 Å². The van der Waals surface area contributed by atoms with Crippen LogP contribution in [-0.2, 0) is 71.0 Å². The molecular formula is C34H46N16O22P4+2. The van der Waals surface area contributed by atoms with Gasteiger partial charge in [0.25, 0.3) is 17.1 Å². The number of methoxy groups -OCH3 is 1. The van der Waals surface area contributed by atoms with E-state index < -0.39 is 136 Å². The number of imidazole rings is 3. The number of nitrogens with zero attached hydrogens (tertiary/aromatic N) is 11. The van der Waals surface area contributed by atoms with Gasteiger partial charge in [0.15, 0.2) is 47.5 Å². The number of nitrogens with one attached hydrogen (secondary N) is 2. The number of morpholine rings is 1. The average molecular weight is 1150 g/mol. The van der Waals surface area contributed by atoms with Gasteiger partial charge in [0.05, 0.1) is 39.0 Å². The molecule has 0 saturated carbocycles. The second-order valence-electron chi connectivity index (χ2n) is 17.6. The Morgan fingerprint density at radius 1 is 0.829 bits per heavy atom. The molecule has 10 rings (SSSR count). The topological polar surface area (TPSA) is 525 Å². The van der Waals surface area contributed by atoms with Gasteiger partial charge in [-0.1, -0.05) is 4.98 Å². The van der Waals surface area contributed by atoms with E-state index in [-0.39, 0.29) is 57.8 Å². The maximum absolute atomic E-state index is 13.7. The highest BCUT2D eigenvalue weighted by atomic mass is 31.3. The van der Waals surface area contributed by atoms with Crippen molar-refractivity contribution in [3.8, 4) is 0 Å². The highest BCUT2D eigenvalue weighted by Gasteiger charge is 2.68. The summed E-state index contributed by atoms with van der Waals surface area (Å²) in [6, 6.07) is -0.996. The van der Waals surface area contributed by atoms with Gasteiger partial charge >= 0.3 is 37.4 Å². The molecule has 7 unspecified atom stereocenters. The van der Waals surface area contributed by atoms with Crippen molar-refractivity contribution >= 4 is 82.9 Å². The van der Waals surface area contributed by atoms with E-state index in [0.29, 0.717) is 0 Å². The van der Waals surface area contributed by atoms with Crippen molar-refractivity contribution in [2.24, 2.45) is 7.05 Å². The van der Waals surface area contributed by atoms with E-state index in [2.05, 4.69) is 48.5 Å². The highest BCUT2D eigenvalue weighted by Crippen LogP contribution is 2.68. The lowest BCUT2D eigenvalue weighted by atomic mass is 10.0. The molecule has 0 radical (unpaired) electrons. The number of aryl methyl sites for hydroxylation is 1. The molecule has 6 aromatic heterocycles. The standard InChI is InChI=1S/C34H44N16O22P4/c1-46-6-34(7-66-75(59,60)72-76(61,62)71-74(57,58)65-5-13-21(63-3)20(53)31(68-13)50-11-47(2)17-26(50)43-33(37)45-28(17)55)22(16(46)29(69-34)48-9-40-14-23(35)38-8-39-24(14)48)70-73(56)64-4-12-18(51)19(52)30(67-12)49-10-41-15-25(49)42-32(36)44-27(15)54/h8-13,16,18-22,29-31,51-53H,4-7H2,1-3H3,(H9-2,35,36,37,38,39,42,43,44,45,54,55,57,58,59,60,61,62)/p+2/t12-,13-,16+,18?,19+,20+,21?,22?,29-,30-,31-,34-/m1/s1. The first kappa shape index (κ1) is 54.1. The molecule has 412 valence electrons. The molecule has 16 atom stereocenters. The maximum Gasteiger partial charge on any atom is 0.697 e. The number of hydrogen-bond donors (Lipinski definition) is 11. The third-order valence-electron chi connectivity index (χ3n) is 12.7. The Labute approximate surface area is 422 Å². The fourth-order valence-corrected chi connectivity index (χ4v) is 13.9. The second-order valence-corrected chi connectivity index (χ2v) is 23.1. The Hall–Kier alpha value is -5.24. The lowest BCUT2D eigenvalue weighted by molar-refractivity contribution is -0.745. The summed E-state index contributed by atoms with van der Waals surface area (Å²) in [6.45, 7) is -2.99. The molecule has 76 heavy (non-hydrogen) atoms. The molecule has 2 bridgehead atoms. The SMILES string of the molecule is COC1[C@@H](COP(=O)(O)OP(=O)(O)OP(=O)(O)OC[C@]23CN(C)[C@@H](C2O[P+](=O)OC[C@H]2O[C@@H](n4cnc5c(=O)[nH]c(N)nc54)[C@@H](O)C2O)[C@H](n2cnc4c(N)ncnc42)O3)O[C@@H]([n+]2cn(C)c3c(=O)[nH]c(N)nc32)[C@H]1O. The second kappa shape index (κ2) is 19.9. The Balaban J connectivity index is 0.813. The minimum absolute atomic E-state index is 0.00771. The predicted molar refractivity (Wildman–Crippen MR) is 246 cm³/mol. The summed E-state index contributed by atoms with van der Waals surface area (Å²) in [5, 5.41) is 33.0. The number of phosphoric acid groups is 3. The zero-order valence-electron chi connectivity index (χ0n) is 39.1. The fraction of sp³-hybridized carbons (Fsp3) is 0.559. The number of nitrogens with two attached hydrogens (primary N) is 3. The number of aliphatic hydroxyl groups is 3. The molecular weight excluding hydrogens is 1110 g/mol. The van der Waals surface area contributed by atoms with Gasteiger partial charge < -0.3 is 66.1 Å². The van der Waals surface area contributed by atoms with Crippen LogP contribution in [0.15, 0.2) is 34.9 Å². The van der Waals surface area contributed by atoms with Gasteiger partial charge in [-0.25, -0.2) is 38.2 Å². The minimum atomic E-state index is -6.13. The predicted octanol–water partition coefficient (Wildman–Crippen LogP) is -3.83. The number of likely N-dealkylation sites (N-methyl/N-ethyl adjacent to an activating group) is 1. The summed E-state index contributed by atoms with van der Waals surface area (Å²) in [5.74, 6) is -0.541. The molecule has 10 heterocycles. The number of ether oxygens (including phenoxy) is 4. The van der Waals surface area contributed by atoms with Gasteiger partial charge in [-0.15, -0.1) is 9.05 Å². The summed E-state index contributed by atoms with van der Waals surface area (Å²) in [6.07, 6.45) is -9.52. The molecule has 4 fully saturated rings. The van der Waals surface area contributed by atoms with Crippen LogP contribution in [0.3, 0.4) is 0 Å². The monoisotopic (exact) mass is 1150 g/mol. The smallest absolute Gasteiger partial charge is 0.387 e. The van der Waals surface area contributed by atoms with Crippen LogP contribution in [0.5, 0.6) is 0 Å². The van der Waals surface area contributed by atoms with Crippen LogP contribution < -0.4 is 32.9 Å². The van der Waals surface area contributed by atoms with Crippen LogP contribution in [0.4, 0.5) is 17.7 Å². The lowest BCUT2D eigenvalue weighted by Crippen LogP contribution is -2.47. The number of anilines is 3. The fourth-order valence-electron chi connectivity index (χ4n) is 9.53. The quantitative estimate of drug-likeness (QED) is 0.0273. The van der Waals surface area contributed by atoms with Crippen molar-refractivity contribution < 1.29 is 98.5 Å². The van der Waals surface area contributed by atoms with E-state index >= 15 is 0 Å². The van der Waals surface area contributed by atoms with E-state index in [1.165, 1.54) is 33.4 Å². The third kappa shape index (κ3) is 9.88. The van der Waals surface area contributed by atoms with Gasteiger partial charge in [0.2, 0.25) is 17.7 Å². The van der Waals surface area contributed by atoms with Crippen molar-refractivity contribution in [1.29, 1.82) is 0 Å². The van der Waals surface area contributed by atoms with Crippen molar-refractivity contribution in [1.82, 2.24) is 58.5 Å². The molecule has 0 aliphatic carbocycles. The van der Waals surface area contributed by atoms with Crippen molar-refractivity contribution in [3.05, 3.63) is 46.0 Å². The summed E-state index contributed by atoms with van der Waals surface area (Å²) < 4.78 is 112. The third-order valence-corrected chi connectivity index (χ3v) is 17.7. The van der Waals surface area contributed by atoms with Crippen LogP contribution in [0, 0.1) is 0 Å². The van der Waals surface area contributed by atoms with E-state index in [1.54, 1.807) is 11.9 Å². The number of aromatic nitrogens is 12. The van der Waals surface area contributed by atoms with Gasteiger partial charge in [-0.2, -0.15) is 13.6 Å².